The molecule has 0 aromatic carbocycles. The maximum atomic E-state index is 13.2. The molecule has 142 valence electrons. The lowest BCUT2D eigenvalue weighted by Gasteiger charge is -2.55. The van der Waals surface area contributed by atoms with Crippen LogP contribution in [0.15, 0.2) is 11.6 Å². The van der Waals surface area contributed by atoms with E-state index in [1.54, 1.807) is 5.57 Å². The van der Waals surface area contributed by atoms with Crippen LogP contribution >= 0.6 is 0 Å². The molecule has 4 aliphatic carbocycles. The second-order valence-electron chi connectivity index (χ2n) is 9.79. The molecule has 0 bridgehead atoms. The van der Waals surface area contributed by atoms with Gasteiger partial charge in [0.25, 0.3) is 0 Å². The Balaban J connectivity index is 0.000000569. The topological polar surface area (TPSA) is 17.1 Å². The molecule has 6 atom stereocenters. The molecule has 0 spiro atoms. The van der Waals surface area contributed by atoms with Crippen LogP contribution < -0.4 is 0 Å². The summed E-state index contributed by atoms with van der Waals surface area (Å²) in [5, 5.41) is 0. The molecule has 0 radical (unpaired) electrons. The van der Waals surface area contributed by atoms with Gasteiger partial charge >= 0.3 is 0 Å². The van der Waals surface area contributed by atoms with Crippen molar-refractivity contribution < 1.29 is 4.79 Å². The zero-order valence-corrected chi connectivity index (χ0v) is 17.4. The Bertz CT molecular complexity index is 532. The van der Waals surface area contributed by atoms with E-state index in [0.717, 1.165) is 11.8 Å². The third kappa shape index (κ3) is 2.85. The molecule has 6 unspecified atom stereocenters. The lowest BCUT2D eigenvalue weighted by Crippen LogP contribution is -2.50. The lowest BCUT2D eigenvalue weighted by atomic mass is 9.48. The van der Waals surface area contributed by atoms with Gasteiger partial charge < -0.3 is 0 Å². The average molecular weight is 345 g/mol. The van der Waals surface area contributed by atoms with Crippen LogP contribution in [-0.2, 0) is 4.79 Å². The summed E-state index contributed by atoms with van der Waals surface area (Å²) in [4.78, 5) is 13.2. The van der Waals surface area contributed by atoms with E-state index in [1.165, 1.54) is 64.2 Å². The number of hydrogen-bond acceptors (Lipinski definition) is 1. The molecule has 0 heterocycles. The summed E-state index contributed by atoms with van der Waals surface area (Å²) >= 11 is 0. The van der Waals surface area contributed by atoms with Gasteiger partial charge in [-0.05, 0) is 73.7 Å². The molecule has 0 aliphatic heterocycles. The monoisotopic (exact) mass is 344 g/mol. The number of allylic oxidation sites excluding steroid dienone is 2. The van der Waals surface area contributed by atoms with Crippen molar-refractivity contribution in [2.24, 2.45) is 34.5 Å². The lowest BCUT2D eigenvalue weighted by molar-refractivity contribution is -0.130. The van der Waals surface area contributed by atoms with Gasteiger partial charge in [-0.25, -0.2) is 0 Å². The zero-order chi connectivity index (χ0) is 18.2. The van der Waals surface area contributed by atoms with Crippen molar-refractivity contribution in [3.05, 3.63) is 11.6 Å². The zero-order valence-electron chi connectivity index (χ0n) is 17.4. The second-order valence-corrected chi connectivity index (χ2v) is 9.79. The first kappa shape index (κ1) is 19.2. The van der Waals surface area contributed by atoms with Crippen molar-refractivity contribution in [2.75, 3.05) is 0 Å². The minimum atomic E-state index is -0.0409. The molecular formula is C24H40O. The van der Waals surface area contributed by atoms with Gasteiger partial charge in [-0.15, -0.1) is 0 Å². The van der Waals surface area contributed by atoms with Crippen molar-refractivity contribution in [1.82, 2.24) is 0 Å². The number of fused-ring (bicyclic) bond motifs is 5. The number of ketones is 1. The fourth-order valence-electron chi connectivity index (χ4n) is 7.11. The van der Waals surface area contributed by atoms with Crippen LogP contribution in [0.3, 0.4) is 0 Å². The van der Waals surface area contributed by atoms with Gasteiger partial charge in [0.15, 0.2) is 5.78 Å². The number of carbonyl (C=O) groups is 1. The van der Waals surface area contributed by atoms with Gasteiger partial charge in [-0.2, -0.15) is 0 Å². The first-order valence-corrected chi connectivity index (χ1v) is 11.2. The molecule has 4 aliphatic rings. The molecule has 0 aromatic heterocycles. The van der Waals surface area contributed by atoms with Crippen molar-refractivity contribution in [1.29, 1.82) is 0 Å². The van der Waals surface area contributed by atoms with E-state index < -0.39 is 0 Å². The highest BCUT2D eigenvalue weighted by molar-refractivity contribution is 5.97. The van der Waals surface area contributed by atoms with E-state index in [0.29, 0.717) is 23.0 Å². The molecule has 0 aromatic rings. The Morgan fingerprint density at radius 3 is 2.40 bits per heavy atom. The van der Waals surface area contributed by atoms with Crippen LogP contribution in [0.2, 0.25) is 0 Å². The first-order valence-electron chi connectivity index (χ1n) is 11.2. The number of rotatable bonds is 1. The van der Waals surface area contributed by atoms with Crippen LogP contribution in [0.25, 0.3) is 0 Å². The SMILES string of the molecule is CCC.CCC1CCC2C3CCC4CCCCC4(C)C3=CC(=O)C12C. The van der Waals surface area contributed by atoms with E-state index in [9.17, 15) is 4.79 Å². The highest BCUT2D eigenvalue weighted by atomic mass is 16.1. The molecule has 0 saturated heterocycles. The standard InChI is InChI=1S/C21H32O.C3H8/c1-4-14-9-11-17-16-10-8-15-7-5-6-12-20(15,2)18(16)13-19(22)21(14,17)3;1-3-2/h13-17H,4-12H2,1-3H3;3H2,1-2H3. The molecule has 1 nitrogen and oxygen atoms in total. The molecule has 25 heavy (non-hydrogen) atoms. The van der Waals surface area contributed by atoms with Gasteiger partial charge in [0.2, 0.25) is 0 Å². The van der Waals surface area contributed by atoms with Crippen molar-refractivity contribution in [2.45, 2.75) is 98.8 Å². The van der Waals surface area contributed by atoms with Crippen LogP contribution in [0.1, 0.15) is 98.8 Å². The predicted molar refractivity (Wildman–Crippen MR) is 106 cm³/mol. The Kier molecular flexibility index (Phi) is 5.52. The average Bonchev–Trinajstić information content (AvgIpc) is 2.94. The summed E-state index contributed by atoms with van der Waals surface area (Å²) < 4.78 is 0. The Morgan fingerprint density at radius 2 is 1.72 bits per heavy atom. The van der Waals surface area contributed by atoms with Gasteiger partial charge in [0.1, 0.15) is 0 Å². The predicted octanol–water partition coefficient (Wildman–Crippen LogP) is 6.96. The quantitative estimate of drug-likeness (QED) is 0.502. The Morgan fingerprint density at radius 1 is 1.00 bits per heavy atom. The highest BCUT2D eigenvalue weighted by Crippen LogP contribution is 2.64. The second kappa shape index (κ2) is 7.20. The third-order valence-corrected chi connectivity index (χ3v) is 8.53. The smallest absolute Gasteiger partial charge is 0.162 e. The van der Waals surface area contributed by atoms with Gasteiger partial charge in [-0.1, -0.05) is 65.9 Å². The summed E-state index contributed by atoms with van der Waals surface area (Å²) in [6, 6.07) is 0. The summed E-state index contributed by atoms with van der Waals surface area (Å²) in [5.41, 5.74) is 1.90. The molecular weight excluding hydrogens is 304 g/mol. The minimum absolute atomic E-state index is 0.0409. The number of hydrogen-bond donors (Lipinski definition) is 0. The molecule has 1 heteroatoms. The van der Waals surface area contributed by atoms with E-state index in [4.69, 9.17) is 0 Å². The van der Waals surface area contributed by atoms with Gasteiger partial charge in [-0.3, -0.25) is 4.79 Å². The van der Waals surface area contributed by atoms with Crippen LogP contribution in [0.4, 0.5) is 0 Å². The molecule has 4 rings (SSSR count). The summed E-state index contributed by atoms with van der Waals surface area (Å²) in [6.45, 7) is 11.3. The van der Waals surface area contributed by atoms with Crippen LogP contribution in [0.5, 0.6) is 0 Å². The fraction of sp³-hybridized carbons (Fsp3) is 0.875. The van der Waals surface area contributed by atoms with Crippen molar-refractivity contribution in [3.63, 3.8) is 0 Å². The molecule has 0 N–H and O–H groups in total. The number of carbonyl (C=O) groups excluding carboxylic acids is 1. The Hall–Kier alpha value is -0.590. The maximum absolute atomic E-state index is 13.2. The fourth-order valence-corrected chi connectivity index (χ4v) is 7.11. The molecule has 3 saturated carbocycles. The van der Waals surface area contributed by atoms with Gasteiger partial charge in [0.05, 0.1) is 0 Å². The van der Waals surface area contributed by atoms with Crippen molar-refractivity contribution in [3.8, 4) is 0 Å². The van der Waals surface area contributed by atoms with Gasteiger partial charge in [0, 0.05) is 5.41 Å². The normalized spacial score (nSPS) is 45.5. The van der Waals surface area contributed by atoms with Crippen molar-refractivity contribution >= 4 is 5.78 Å². The summed E-state index contributed by atoms with van der Waals surface area (Å²) in [7, 11) is 0. The summed E-state index contributed by atoms with van der Waals surface area (Å²) in [6.07, 6.45) is 15.4. The first-order chi connectivity index (χ1) is 11.9. The molecule has 3 fully saturated rings. The maximum Gasteiger partial charge on any atom is 0.162 e. The van der Waals surface area contributed by atoms with E-state index >= 15 is 0 Å². The van der Waals surface area contributed by atoms with E-state index in [-0.39, 0.29) is 5.41 Å². The van der Waals surface area contributed by atoms with Crippen LogP contribution in [-0.4, -0.2) is 5.78 Å². The third-order valence-electron chi connectivity index (χ3n) is 8.53. The molecule has 0 amide bonds. The van der Waals surface area contributed by atoms with Crippen LogP contribution in [0, 0.1) is 34.5 Å². The summed E-state index contributed by atoms with van der Waals surface area (Å²) in [5.74, 6) is 3.33. The highest BCUT2D eigenvalue weighted by Gasteiger charge is 2.59. The van der Waals surface area contributed by atoms with E-state index in [2.05, 4.69) is 40.7 Å². The largest absolute Gasteiger partial charge is 0.294 e. The minimum Gasteiger partial charge on any atom is -0.294 e. The Labute approximate surface area is 156 Å². The van der Waals surface area contributed by atoms with E-state index in [1.807, 2.05) is 0 Å².